The number of fused-ring (bicyclic) bond motifs is 1. The van der Waals surface area contributed by atoms with E-state index in [1.165, 1.54) is 12.1 Å². The summed E-state index contributed by atoms with van der Waals surface area (Å²) in [5, 5.41) is 5.45. The zero-order valence-corrected chi connectivity index (χ0v) is 10.8. The highest BCUT2D eigenvalue weighted by Crippen LogP contribution is 2.31. The molecule has 0 spiro atoms. The zero-order valence-electron chi connectivity index (χ0n) is 10.8. The van der Waals surface area contributed by atoms with E-state index in [1.807, 2.05) is 36.9 Å². The van der Waals surface area contributed by atoms with Crippen molar-refractivity contribution in [3.8, 4) is 11.3 Å². The van der Waals surface area contributed by atoms with Crippen LogP contribution in [-0.2, 0) is 7.05 Å². The van der Waals surface area contributed by atoms with Crippen LogP contribution in [0.25, 0.3) is 22.2 Å². The van der Waals surface area contributed by atoms with E-state index in [9.17, 15) is 4.39 Å². The van der Waals surface area contributed by atoms with E-state index in [0.29, 0.717) is 5.69 Å². The molecule has 3 nitrogen and oxygen atoms in total. The molecule has 0 fully saturated rings. The number of anilines is 1. The topological polar surface area (TPSA) is 43.8 Å². The van der Waals surface area contributed by atoms with Crippen molar-refractivity contribution in [2.45, 2.75) is 6.92 Å². The van der Waals surface area contributed by atoms with Gasteiger partial charge in [-0.05, 0) is 36.8 Å². The first-order valence-corrected chi connectivity index (χ1v) is 6.05. The lowest BCUT2D eigenvalue weighted by Crippen LogP contribution is -1.92. The van der Waals surface area contributed by atoms with Gasteiger partial charge in [0.1, 0.15) is 11.5 Å². The van der Waals surface area contributed by atoms with Gasteiger partial charge in [0.15, 0.2) is 0 Å². The van der Waals surface area contributed by atoms with Crippen molar-refractivity contribution in [3.63, 3.8) is 0 Å². The minimum atomic E-state index is -0.267. The first-order chi connectivity index (χ1) is 9.06. The summed E-state index contributed by atoms with van der Waals surface area (Å²) in [5.74, 6) is -0.267. The van der Waals surface area contributed by atoms with Gasteiger partial charge in [-0.15, -0.1) is 0 Å². The second kappa shape index (κ2) is 4.09. The van der Waals surface area contributed by atoms with Gasteiger partial charge < -0.3 is 5.73 Å². The Morgan fingerprint density at radius 1 is 1.21 bits per heavy atom. The molecule has 3 aromatic rings. The number of nitrogen functional groups attached to an aromatic ring is 1. The third-order valence-corrected chi connectivity index (χ3v) is 3.25. The summed E-state index contributed by atoms with van der Waals surface area (Å²) in [6, 6.07) is 10.2. The van der Waals surface area contributed by atoms with Gasteiger partial charge in [0.25, 0.3) is 0 Å². The first kappa shape index (κ1) is 11.7. The lowest BCUT2D eigenvalue weighted by atomic mass is 10.0. The summed E-state index contributed by atoms with van der Waals surface area (Å²) < 4.78 is 15.2. The fourth-order valence-electron chi connectivity index (χ4n) is 2.52. The van der Waals surface area contributed by atoms with Crippen LogP contribution >= 0.6 is 0 Å². The highest BCUT2D eigenvalue weighted by atomic mass is 19.1. The van der Waals surface area contributed by atoms with Crippen molar-refractivity contribution in [2.75, 3.05) is 5.73 Å². The van der Waals surface area contributed by atoms with Gasteiger partial charge in [-0.3, -0.25) is 4.68 Å². The number of hydrogen-bond donors (Lipinski definition) is 1. The van der Waals surface area contributed by atoms with E-state index in [-0.39, 0.29) is 5.82 Å². The Balaban J connectivity index is 2.36. The van der Waals surface area contributed by atoms with Crippen LogP contribution in [0, 0.1) is 12.7 Å². The summed E-state index contributed by atoms with van der Waals surface area (Å²) in [6.45, 7) is 2.00. The molecule has 0 radical (unpaired) electrons. The van der Waals surface area contributed by atoms with Crippen LogP contribution < -0.4 is 5.73 Å². The van der Waals surface area contributed by atoms with E-state index in [2.05, 4.69) is 5.10 Å². The lowest BCUT2D eigenvalue weighted by molar-refractivity contribution is 0.628. The zero-order chi connectivity index (χ0) is 13.6. The normalized spacial score (nSPS) is 11.1. The van der Waals surface area contributed by atoms with Gasteiger partial charge in [0, 0.05) is 23.7 Å². The van der Waals surface area contributed by atoms with Crippen LogP contribution in [0.2, 0.25) is 0 Å². The molecule has 19 heavy (non-hydrogen) atoms. The molecule has 0 saturated heterocycles. The summed E-state index contributed by atoms with van der Waals surface area (Å²) in [6.07, 6.45) is 0. The molecular formula is C15H14FN3. The summed E-state index contributed by atoms with van der Waals surface area (Å²) in [4.78, 5) is 0. The maximum absolute atomic E-state index is 13.4. The first-order valence-electron chi connectivity index (χ1n) is 6.05. The molecule has 0 bridgehead atoms. The van der Waals surface area contributed by atoms with Gasteiger partial charge in [-0.1, -0.05) is 12.1 Å². The van der Waals surface area contributed by atoms with Crippen LogP contribution in [0.1, 0.15) is 5.56 Å². The summed E-state index contributed by atoms with van der Waals surface area (Å²) >= 11 is 0. The molecular weight excluding hydrogens is 241 g/mol. The molecule has 0 unspecified atom stereocenters. The van der Waals surface area contributed by atoms with Crippen LogP contribution in [0.5, 0.6) is 0 Å². The number of hydrogen-bond acceptors (Lipinski definition) is 2. The van der Waals surface area contributed by atoms with E-state index < -0.39 is 0 Å². The Morgan fingerprint density at radius 2 is 2.00 bits per heavy atom. The Bertz CT molecular complexity index is 774. The predicted octanol–water partition coefficient (Wildman–Crippen LogP) is 3.27. The average Bonchev–Trinajstić information content (AvgIpc) is 2.66. The van der Waals surface area contributed by atoms with Crippen molar-refractivity contribution in [2.24, 2.45) is 7.05 Å². The van der Waals surface area contributed by atoms with Gasteiger partial charge in [-0.25, -0.2) is 4.39 Å². The standard InChI is InChI=1S/C15H14FN3/c1-9-6-12(17)8-13-14(18-19(2)15(9)13)10-4-3-5-11(16)7-10/h3-8H,17H2,1-2H3. The minimum Gasteiger partial charge on any atom is -0.399 e. The van der Waals surface area contributed by atoms with E-state index in [1.54, 1.807) is 6.07 Å². The molecule has 0 atom stereocenters. The number of nitrogens with zero attached hydrogens (tertiary/aromatic N) is 2. The van der Waals surface area contributed by atoms with Gasteiger partial charge in [0.05, 0.1) is 5.52 Å². The maximum Gasteiger partial charge on any atom is 0.123 e. The largest absolute Gasteiger partial charge is 0.399 e. The van der Waals surface area contributed by atoms with Crippen LogP contribution in [0.15, 0.2) is 36.4 Å². The smallest absolute Gasteiger partial charge is 0.123 e. The fourth-order valence-corrected chi connectivity index (χ4v) is 2.52. The lowest BCUT2D eigenvalue weighted by Gasteiger charge is -2.02. The number of aryl methyl sites for hydroxylation is 2. The van der Waals surface area contributed by atoms with Crippen LogP contribution in [0.3, 0.4) is 0 Å². The Labute approximate surface area is 110 Å². The summed E-state index contributed by atoms with van der Waals surface area (Å²) in [7, 11) is 1.88. The third kappa shape index (κ3) is 1.85. The van der Waals surface area contributed by atoms with Crippen molar-refractivity contribution in [1.29, 1.82) is 0 Å². The molecule has 0 aliphatic heterocycles. The molecule has 0 amide bonds. The molecule has 0 aliphatic rings. The second-order valence-corrected chi connectivity index (χ2v) is 4.72. The monoisotopic (exact) mass is 255 g/mol. The SMILES string of the molecule is Cc1cc(N)cc2c(-c3cccc(F)c3)nn(C)c12. The maximum atomic E-state index is 13.4. The summed E-state index contributed by atoms with van der Waals surface area (Å²) in [5.41, 5.74) is 10.2. The van der Waals surface area contributed by atoms with Crippen molar-refractivity contribution < 1.29 is 4.39 Å². The molecule has 2 aromatic carbocycles. The molecule has 2 N–H and O–H groups in total. The third-order valence-electron chi connectivity index (χ3n) is 3.25. The van der Waals surface area contributed by atoms with Crippen molar-refractivity contribution in [1.82, 2.24) is 9.78 Å². The van der Waals surface area contributed by atoms with Gasteiger partial charge in [-0.2, -0.15) is 5.10 Å². The Hall–Kier alpha value is -2.36. The molecule has 96 valence electrons. The molecule has 0 aliphatic carbocycles. The molecule has 1 aromatic heterocycles. The van der Waals surface area contributed by atoms with Crippen molar-refractivity contribution in [3.05, 3.63) is 47.8 Å². The van der Waals surface area contributed by atoms with Gasteiger partial charge in [0.2, 0.25) is 0 Å². The van der Waals surface area contributed by atoms with E-state index in [4.69, 9.17) is 5.73 Å². The molecule has 4 heteroatoms. The number of halogens is 1. The van der Waals surface area contributed by atoms with E-state index in [0.717, 1.165) is 27.7 Å². The van der Waals surface area contributed by atoms with Crippen LogP contribution in [-0.4, -0.2) is 9.78 Å². The van der Waals surface area contributed by atoms with Crippen molar-refractivity contribution >= 4 is 16.6 Å². The highest BCUT2D eigenvalue weighted by molar-refractivity contribution is 5.96. The number of benzene rings is 2. The second-order valence-electron chi connectivity index (χ2n) is 4.72. The van der Waals surface area contributed by atoms with E-state index >= 15 is 0 Å². The fraction of sp³-hybridized carbons (Fsp3) is 0.133. The molecule has 3 rings (SSSR count). The van der Waals surface area contributed by atoms with Gasteiger partial charge >= 0.3 is 0 Å². The Kier molecular flexibility index (Phi) is 2.52. The number of rotatable bonds is 1. The highest BCUT2D eigenvalue weighted by Gasteiger charge is 2.13. The van der Waals surface area contributed by atoms with Crippen LogP contribution in [0.4, 0.5) is 10.1 Å². The molecule has 0 saturated carbocycles. The minimum absolute atomic E-state index is 0.267. The number of aromatic nitrogens is 2. The quantitative estimate of drug-likeness (QED) is 0.678. The predicted molar refractivity (Wildman–Crippen MR) is 75.3 cm³/mol. The Morgan fingerprint density at radius 3 is 2.74 bits per heavy atom. The number of nitrogens with two attached hydrogens (primary N) is 1. The average molecular weight is 255 g/mol. The molecule has 1 heterocycles.